The molecule has 0 radical (unpaired) electrons. The summed E-state index contributed by atoms with van der Waals surface area (Å²) in [5.41, 5.74) is 0.999. The van der Waals surface area contributed by atoms with Crippen LogP contribution < -0.4 is 26.6 Å². The van der Waals surface area contributed by atoms with E-state index < -0.39 is 17.2 Å². The second kappa shape index (κ2) is 13.6. The Labute approximate surface area is 236 Å². The van der Waals surface area contributed by atoms with Gasteiger partial charge in [0.25, 0.3) is 5.56 Å². The van der Waals surface area contributed by atoms with Gasteiger partial charge in [-0.05, 0) is 61.2 Å². The summed E-state index contributed by atoms with van der Waals surface area (Å²) in [4.78, 5) is 51.6. The molecule has 9 nitrogen and oxygen atoms in total. The fourth-order valence-corrected chi connectivity index (χ4v) is 4.53. The smallest absolute Gasteiger partial charge is 0.331 e. The van der Waals surface area contributed by atoms with Gasteiger partial charge in [0.15, 0.2) is 0 Å². The maximum Gasteiger partial charge on any atom is 0.331 e. The average molecular weight is 563 g/mol. The van der Waals surface area contributed by atoms with E-state index in [0.717, 1.165) is 10.1 Å². The van der Waals surface area contributed by atoms with E-state index in [4.69, 9.17) is 16.3 Å². The Morgan fingerprint density at radius 3 is 2.45 bits per heavy atom. The summed E-state index contributed by atoms with van der Waals surface area (Å²) in [5, 5.41) is 6.67. The standard InChI is InChI=1S/C30H31ClN4O5/c1-40-24-8-6-7-23(19-24)33-28(37)20-35-26-10-3-2-9-25(26)29(38)34(30(35)39)18-5-4-11-27(36)32-17-16-21-12-14-22(31)15-13-21/h2-3,6-10,12-15,19H,4-5,11,16-18,20H2,1H3,(H,32,36)(H,33,37). The van der Waals surface area contributed by atoms with E-state index in [1.54, 1.807) is 48.5 Å². The monoisotopic (exact) mass is 562 g/mol. The van der Waals surface area contributed by atoms with Crippen molar-refractivity contribution >= 4 is 40.0 Å². The number of ether oxygens (including phenoxy) is 1. The first kappa shape index (κ1) is 28.6. The summed E-state index contributed by atoms with van der Waals surface area (Å²) < 4.78 is 7.63. The minimum absolute atomic E-state index is 0.0913. The van der Waals surface area contributed by atoms with Crippen LogP contribution in [0.4, 0.5) is 5.69 Å². The highest BCUT2D eigenvalue weighted by molar-refractivity contribution is 6.30. The molecular formula is C30H31ClN4O5. The maximum absolute atomic E-state index is 13.4. The minimum Gasteiger partial charge on any atom is -0.497 e. The quantitative estimate of drug-likeness (QED) is 0.254. The molecule has 0 aliphatic heterocycles. The molecule has 1 heterocycles. The zero-order valence-electron chi connectivity index (χ0n) is 22.2. The number of nitrogens with zero attached hydrogens (tertiary/aromatic N) is 2. The van der Waals surface area contributed by atoms with Gasteiger partial charge in [0, 0.05) is 36.3 Å². The molecule has 0 saturated heterocycles. The molecule has 4 rings (SSSR count). The number of halogens is 1. The number of carbonyl (C=O) groups is 2. The summed E-state index contributed by atoms with van der Waals surface area (Å²) in [7, 11) is 1.53. The molecule has 0 fully saturated rings. The Kier molecular flexibility index (Phi) is 9.75. The molecule has 0 spiro atoms. The van der Waals surface area contributed by atoms with E-state index >= 15 is 0 Å². The highest BCUT2D eigenvalue weighted by atomic mass is 35.5. The summed E-state index contributed by atoms with van der Waals surface area (Å²) in [6.07, 6.45) is 1.93. The molecule has 2 N–H and O–H groups in total. The lowest BCUT2D eigenvalue weighted by Gasteiger charge is -2.14. The van der Waals surface area contributed by atoms with Crippen LogP contribution in [0.15, 0.2) is 82.4 Å². The Morgan fingerprint density at radius 2 is 1.68 bits per heavy atom. The van der Waals surface area contributed by atoms with Gasteiger partial charge < -0.3 is 15.4 Å². The number of methoxy groups -OCH3 is 1. The molecule has 1 aromatic heterocycles. The Bertz CT molecular complexity index is 1610. The van der Waals surface area contributed by atoms with E-state index in [0.29, 0.717) is 53.2 Å². The normalized spacial score (nSPS) is 10.8. The van der Waals surface area contributed by atoms with Crippen molar-refractivity contribution in [3.8, 4) is 5.75 Å². The third kappa shape index (κ3) is 7.39. The van der Waals surface area contributed by atoms with Crippen LogP contribution in [0.25, 0.3) is 10.9 Å². The summed E-state index contributed by atoms with van der Waals surface area (Å²) in [6.45, 7) is 0.373. The zero-order chi connectivity index (χ0) is 28.5. The van der Waals surface area contributed by atoms with Crippen molar-refractivity contribution in [2.75, 3.05) is 19.0 Å². The number of unbranched alkanes of at least 4 members (excludes halogenated alkanes) is 1. The van der Waals surface area contributed by atoms with Gasteiger partial charge in [-0.1, -0.05) is 41.9 Å². The number of para-hydroxylation sites is 1. The lowest BCUT2D eigenvalue weighted by Crippen LogP contribution is -2.41. The van der Waals surface area contributed by atoms with Gasteiger partial charge in [0.05, 0.1) is 18.0 Å². The van der Waals surface area contributed by atoms with Crippen LogP contribution in [-0.4, -0.2) is 34.6 Å². The van der Waals surface area contributed by atoms with Crippen LogP contribution in [0, 0.1) is 0 Å². The number of carbonyl (C=O) groups excluding carboxylic acids is 2. The highest BCUT2D eigenvalue weighted by Gasteiger charge is 2.15. The van der Waals surface area contributed by atoms with Crippen molar-refractivity contribution in [1.82, 2.24) is 14.5 Å². The molecule has 0 unspecified atom stereocenters. The topological polar surface area (TPSA) is 111 Å². The van der Waals surface area contributed by atoms with Crippen molar-refractivity contribution in [1.29, 1.82) is 0 Å². The van der Waals surface area contributed by atoms with Gasteiger partial charge in [0.1, 0.15) is 12.3 Å². The van der Waals surface area contributed by atoms with Crippen LogP contribution in [0.2, 0.25) is 5.02 Å². The lowest BCUT2D eigenvalue weighted by atomic mass is 10.1. The molecule has 208 valence electrons. The molecular weight excluding hydrogens is 532 g/mol. The van der Waals surface area contributed by atoms with Crippen LogP contribution in [0.5, 0.6) is 5.75 Å². The van der Waals surface area contributed by atoms with Gasteiger partial charge in [0.2, 0.25) is 11.8 Å². The Balaban J connectivity index is 1.38. The summed E-state index contributed by atoms with van der Waals surface area (Å²) in [5.74, 6) is 0.0802. The van der Waals surface area contributed by atoms with Crippen molar-refractivity contribution in [2.24, 2.45) is 0 Å². The first-order valence-corrected chi connectivity index (χ1v) is 13.4. The zero-order valence-corrected chi connectivity index (χ0v) is 22.9. The number of hydrogen-bond donors (Lipinski definition) is 2. The Morgan fingerprint density at radius 1 is 0.900 bits per heavy atom. The van der Waals surface area contributed by atoms with Gasteiger partial charge in [-0.3, -0.25) is 23.5 Å². The number of anilines is 1. The third-order valence-electron chi connectivity index (χ3n) is 6.47. The molecule has 40 heavy (non-hydrogen) atoms. The van der Waals surface area contributed by atoms with E-state index in [1.807, 2.05) is 24.3 Å². The van der Waals surface area contributed by atoms with E-state index in [2.05, 4.69) is 10.6 Å². The first-order valence-electron chi connectivity index (χ1n) is 13.0. The lowest BCUT2D eigenvalue weighted by molar-refractivity contribution is -0.121. The van der Waals surface area contributed by atoms with Gasteiger partial charge >= 0.3 is 5.69 Å². The average Bonchev–Trinajstić information content (AvgIpc) is 2.96. The van der Waals surface area contributed by atoms with E-state index in [9.17, 15) is 19.2 Å². The van der Waals surface area contributed by atoms with Crippen molar-refractivity contribution < 1.29 is 14.3 Å². The summed E-state index contributed by atoms with van der Waals surface area (Å²) in [6, 6.07) is 21.1. The molecule has 10 heteroatoms. The molecule has 0 saturated carbocycles. The van der Waals surface area contributed by atoms with Gasteiger partial charge in [-0.15, -0.1) is 0 Å². The van der Waals surface area contributed by atoms with Gasteiger partial charge in [-0.2, -0.15) is 0 Å². The molecule has 0 atom stereocenters. The minimum atomic E-state index is -0.572. The molecule has 0 aliphatic carbocycles. The molecule has 2 amide bonds. The highest BCUT2D eigenvalue weighted by Crippen LogP contribution is 2.17. The first-order chi connectivity index (χ1) is 19.4. The van der Waals surface area contributed by atoms with Crippen molar-refractivity contribution in [3.63, 3.8) is 0 Å². The molecule has 0 bridgehead atoms. The SMILES string of the molecule is COc1cccc(NC(=O)Cn2c(=O)n(CCCCC(=O)NCCc3ccc(Cl)cc3)c(=O)c3ccccc32)c1. The molecule has 0 aliphatic rings. The number of rotatable bonds is 12. The van der Waals surface area contributed by atoms with Crippen LogP contribution in [0.1, 0.15) is 24.8 Å². The van der Waals surface area contributed by atoms with Crippen molar-refractivity contribution in [2.45, 2.75) is 38.8 Å². The van der Waals surface area contributed by atoms with Crippen LogP contribution in [-0.2, 0) is 29.1 Å². The predicted octanol–water partition coefficient (Wildman–Crippen LogP) is 3.99. The van der Waals surface area contributed by atoms with E-state index in [-0.39, 0.29) is 25.4 Å². The third-order valence-corrected chi connectivity index (χ3v) is 6.72. The number of nitrogens with one attached hydrogen (secondary N) is 2. The maximum atomic E-state index is 13.4. The van der Waals surface area contributed by atoms with E-state index in [1.165, 1.54) is 11.7 Å². The van der Waals surface area contributed by atoms with Gasteiger partial charge in [-0.25, -0.2) is 4.79 Å². The summed E-state index contributed by atoms with van der Waals surface area (Å²) >= 11 is 5.90. The number of fused-ring (bicyclic) bond motifs is 1. The second-order valence-electron chi connectivity index (χ2n) is 9.31. The fourth-order valence-electron chi connectivity index (χ4n) is 4.41. The van der Waals surface area contributed by atoms with Crippen LogP contribution in [0.3, 0.4) is 0 Å². The van der Waals surface area contributed by atoms with Crippen LogP contribution >= 0.6 is 11.6 Å². The molecule has 4 aromatic rings. The number of hydrogen-bond acceptors (Lipinski definition) is 5. The van der Waals surface area contributed by atoms with Crippen molar-refractivity contribution in [3.05, 3.63) is 104 Å². The fraction of sp³-hybridized carbons (Fsp3) is 0.267. The number of aromatic nitrogens is 2. The predicted molar refractivity (Wildman–Crippen MR) is 156 cm³/mol. The second-order valence-corrected chi connectivity index (χ2v) is 9.74. The number of benzene rings is 3. The Hall–Kier alpha value is -4.37. The molecule has 3 aromatic carbocycles. The largest absolute Gasteiger partial charge is 0.497 e. The number of amides is 2.